The van der Waals surface area contributed by atoms with E-state index in [-0.39, 0.29) is 0 Å². The number of imidazole rings is 1. The average Bonchev–Trinajstić information content (AvgIpc) is 2.52. The summed E-state index contributed by atoms with van der Waals surface area (Å²) in [6.45, 7) is 7.22. The Morgan fingerprint density at radius 3 is 2.71 bits per heavy atom. The first-order valence-corrected chi connectivity index (χ1v) is 4.13. The van der Waals surface area contributed by atoms with Crippen LogP contribution in [0.15, 0.2) is 25.3 Å². The number of nitrogens with zero attached hydrogens (tertiary/aromatic N) is 2. The zero-order valence-corrected chi connectivity index (χ0v) is 8.07. The van der Waals surface area contributed by atoms with Crippen LogP contribution >= 0.6 is 0 Å². The highest BCUT2D eigenvalue weighted by Crippen LogP contribution is 2.16. The van der Waals surface area contributed by atoms with Gasteiger partial charge in [-0.1, -0.05) is 25.3 Å². The van der Waals surface area contributed by atoms with E-state index in [9.17, 15) is 0 Å². The normalized spacial score (nSPS) is 10.4. The van der Waals surface area contributed by atoms with Gasteiger partial charge in [-0.05, 0) is 12.2 Å². The maximum atomic E-state index is 8.77. The van der Waals surface area contributed by atoms with Gasteiger partial charge in [0, 0.05) is 7.05 Å². The predicted molar refractivity (Wildman–Crippen MR) is 57.9 cm³/mol. The smallest absolute Gasteiger partial charge is 0.227 e. The summed E-state index contributed by atoms with van der Waals surface area (Å²) in [4.78, 5) is 4.10. The summed E-state index contributed by atoms with van der Waals surface area (Å²) in [5.74, 6) is 0.378. The highest BCUT2D eigenvalue weighted by atomic mass is 16.5. The molecule has 0 aliphatic carbocycles. The molecule has 0 unspecified atom stereocenters. The van der Waals surface area contributed by atoms with Crippen molar-refractivity contribution in [1.82, 2.24) is 9.55 Å². The minimum absolute atomic E-state index is 0.378. The van der Waals surface area contributed by atoms with Crippen LogP contribution in [0.5, 0.6) is 0 Å². The third kappa shape index (κ3) is 1.75. The Balaban J connectivity index is 3.23. The average molecular weight is 191 g/mol. The van der Waals surface area contributed by atoms with Gasteiger partial charge in [-0.25, -0.2) is 10.5 Å². The lowest BCUT2D eigenvalue weighted by Crippen LogP contribution is -1.99. The number of aromatic nitrogens is 2. The minimum atomic E-state index is 0.378. The van der Waals surface area contributed by atoms with Crippen LogP contribution in [0.2, 0.25) is 0 Å². The summed E-state index contributed by atoms with van der Waals surface area (Å²) in [5.41, 5.74) is 3.58. The lowest BCUT2D eigenvalue weighted by Gasteiger charge is -1.99. The van der Waals surface area contributed by atoms with Crippen LogP contribution in [0.1, 0.15) is 11.4 Å². The van der Waals surface area contributed by atoms with E-state index < -0.39 is 0 Å². The van der Waals surface area contributed by atoms with Gasteiger partial charge in [0.2, 0.25) is 5.95 Å². The van der Waals surface area contributed by atoms with Crippen LogP contribution in [-0.2, 0) is 7.05 Å². The second kappa shape index (κ2) is 4.43. The van der Waals surface area contributed by atoms with E-state index >= 15 is 0 Å². The van der Waals surface area contributed by atoms with Crippen molar-refractivity contribution in [2.75, 3.05) is 5.48 Å². The van der Waals surface area contributed by atoms with Crippen molar-refractivity contribution >= 4 is 18.1 Å². The molecule has 1 heterocycles. The first kappa shape index (κ1) is 10.3. The van der Waals surface area contributed by atoms with E-state index in [2.05, 4.69) is 18.1 Å². The quantitative estimate of drug-likeness (QED) is 0.565. The number of hydrogen-bond acceptors (Lipinski definition) is 3. The molecule has 74 valence electrons. The minimum Gasteiger partial charge on any atom is -0.312 e. The fourth-order valence-electron chi connectivity index (χ4n) is 1.14. The standard InChI is InChI=1S/C10H13N3O/c1-4-6-7-9-8(5-2)11-10(12-14)13(9)3/h4-7,14H,1-2H2,3H3,(H,11,12)/b7-6-. The van der Waals surface area contributed by atoms with Gasteiger partial charge in [0.05, 0.1) is 11.4 Å². The molecule has 4 heteroatoms. The first-order valence-electron chi connectivity index (χ1n) is 4.13. The molecule has 0 fully saturated rings. The van der Waals surface area contributed by atoms with Crippen molar-refractivity contribution in [2.45, 2.75) is 0 Å². The fourth-order valence-corrected chi connectivity index (χ4v) is 1.14. The molecule has 0 aliphatic rings. The van der Waals surface area contributed by atoms with Gasteiger partial charge in [-0.3, -0.25) is 5.21 Å². The lowest BCUT2D eigenvalue weighted by molar-refractivity contribution is 0.380. The highest BCUT2D eigenvalue weighted by molar-refractivity contribution is 5.62. The molecule has 0 spiro atoms. The first-order chi connectivity index (χ1) is 6.74. The number of anilines is 1. The van der Waals surface area contributed by atoms with Crippen molar-refractivity contribution in [2.24, 2.45) is 7.05 Å². The summed E-state index contributed by atoms with van der Waals surface area (Å²) in [6, 6.07) is 0. The molecule has 14 heavy (non-hydrogen) atoms. The van der Waals surface area contributed by atoms with Crippen LogP contribution < -0.4 is 5.48 Å². The summed E-state index contributed by atoms with van der Waals surface area (Å²) >= 11 is 0. The zero-order chi connectivity index (χ0) is 10.6. The summed E-state index contributed by atoms with van der Waals surface area (Å²) in [5, 5.41) is 8.77. The third-order valence-corrected chi connectivity index (χ3v) is 1.85. The maximum Gasteiger partial charge on any atom is 0.227 e. The molecule has 0 amide bonds. The molecule has 2 N–H and O–H groups in total. The van der Waals surface area contributed by atoms with Crippen LogP contribution in [0, 0.1) is 0 Å². The lowest BCUT2D eigenvalue weighted by atomic mass is 10.3. The molecule has 0 saturated heterocycles. The Hall–Kier alpha value is -1.81. The van der Waals surface area contributed by atoms with E-state index in [1.807, 2.05) is 11.6 Å². The second-order valence-electron chi connectivity index (χ2n) is 2.68. The van der Waals surface area contributed by atoms with Crippen LogP contribution in [0.25, 0.3) is 12.2 Å². The summed E-state index contributed by atoms with van der Waals surface area (Å²) in [7, 11) is 1.79. The van der Waals surface area contributed by atoms with Gasteiger partial charge >= 0.3 is 0 Å². The van der Waals surface area contributed by atoms with Crippen molar-refractivity contribution in [1.29, 1.82) is 0 Å². The van der Waals surface area contributed by atoms with E-state index in [0.29, 0.717) is 11.6 Å². The Bertz CT molecular complexity index is 377. The van der Waals surface area contributed by atoms with Gasteiger partial charge in [0.15, 0.2) is 0 Å². The maximum absolute atomic E-state index is 8.77. The predicted octanol–water partition coefficient (Wildman–Crippen LogP) is 2.06. The summed E-state index contributed by atoms with van der Waals surface area (Å²) < 4.78 is 1.72. The molecule has 0 saturated carbocycles. The molecule has 0 aromatic carbocycles. The van der Waals surface area contributed by atoms with Crippen LogP contribution in [0.3, 0.4) is 0 Å². The van der Waals surface area contributed by atoms with E-state index in [1.54, 1.807) is 29.8 Å². The number of nitrogens with one attached hydrogen (secondary N) is 1. The van der Waals surface area contributed by atoms with E-state index in [1.165, 1.54) is 0 Å². The molecule has 1 aromatic heterocycles. The SMILES string of the molecule is C=C/C=C\c1c(C=C)nc(NO)n1C. The van der Waals surface area contributed by atoms with Crippen LogP contribution in [0.4, 0.5) is 5.95 Å². The molecule has 0 aliphatic heterocycles. The zero-order valence-electron chi connectivity index (χ0n) is 8.07. The number of rotatable bonds is 4. The second-order valence-corrected chi connectivity index (χ2v) is 2.68. The molecular formula is C10H13N3O. The van der Waals surface area contributed by atoms with Crippen molar-refractivity contribution in [3.63, 3.8) is 0 Å². The van der Waals surface area contributed by atoms with Crippen molar-refractivity contribution in [3.8, 4) is 0 Å². The molecular weight excluding hydrogens is 178 g/mol. The third-order valence-electron chi connectivity index (χ3n) is 1.85. The molecule has 4 nitrogen and oxygen atoms in total. The Labute approximate surface area is 82.9 Å². The Morgan fingerprint density at radius 2 is 2.21 bits per heavy atom. The Morgan fingerprint density at radius 1 is 1.50 bits per heavy atom. The topological polar surface area (TPSA) is 50.1 Å². The largest absolute Gasteiger partial charge is 0.312 e. The van der Waals surface area contributed by atoms with Gasteiger partial charge < -0.3 is 4.57 Å². The van der Waals surface area contributed by atoms with Gasteiger partial charge in [0.25, 0.3) is 0 Å². The van der Waals surface area contributed by atoms with Gasteiger partial charge in [-0.15, -0.1) is 0 Å². The number of hydrogen-bond donors (Lipinski definition) is 2. The summed E-state index contributed by atoms with van der Waals surface area (Å²) in [6.07, 6.45) is 6.94. The number of allylic oxidation sites excluding steroid dienone is 2. The monoisotopic (exact) mass is 191 g/mol. The fraction of sp³-hybridized carbons (Fsp3) is 0.100. The molecule has 1 rings (SSSR count). The molecule has 1 aromatic rings. The van der Waals surface area contributed by atoms with E-state index in [0.717, 1.165) is 5.69 Å². The highest BCUT2D eigenvalue weighted by Gasteiger charge is 2.08. The van der Waals surface area contributed by atoms with Crippen LogP contribution in [-0.4, -0.2) is 14.8 Å². The molecule has 0 radical (unpaired) electrons. The van der Waals surface area contributed by atoms with E-state index in [4.69, 9.17) is 5.21 Å². The van der Waals surface area contributed by atoms with Crippen molar-refractivity contribution in [3.05, 3.63) is 36.7 Å². The van der Waals surface area contributed by atoms with Gasteiger partial charge in [-0.2, -0.15) is 0 Å². The Kier molecular flexibility index (Phi) is 3.25. The molecule has 0 atom stereocenters. The van der Waals surface area contributed by atoms with Gasteiger partial charge in [0.1, 0.15) is 0 Å². The molecule has 0 bridgehead atoms. The van der Waals surface area contributed by atoms with Crippen molar-refractivity contribution < 1.29 is 5.21 Å².